The summed E-state index contributed by atoms with van der Waals surface area (Å²) in [6.45, 7) is 0.792. The highest BCUT2D eigenvalue weighted by Crippen LogP contribution is 2.19. The fourth-order valence-electron chi connectivity index (χ4n) is 3.51. The quantitative estimate of drug-likeness (QED) is 0.730. The van der Waals surface area contributed by atoms with Crippen LogP contribution in [0.5, 0.6) is 0 Å². The van der Waals surface area contributed by atoms with Gasteiger partial charge in [-0.05, 0) is 37.1 Å². The van der Waals surface area contributed by atoms with Gasteiger partial charge in [0.15, 0.2) is 0 Å². The molecule has 2 aromatic carbocycles. The average Bonchev–Trinajstić information content (AvgIpc) is 2.76. The number of piperidine rings is 1. The van der Waals surface area contributed by atoms with Crippen molar-refractivity contribution in [3.63, 3.8) is 0 Å². The minimum Gasteiger partial charge on any atom is -0.341 e. The van der Waals surface area contributed by atoms with Crippen LogP contribution in [0, 0.1) is 5.92 Å². The van der Waals surface area contributed by atoms with Crippen molar-refractivity contribution < 1.29 is 9.59 Å². The Morgan fingerprint density at radius 2 is 1.69 bits per heavy atom. The summed E-state index contributed by atoms with van der Waals surface area (Å²) in [6.07, 6.45) is 1.17. The SMILES string of the molecule is O=C(Nc1ccccc1)C1CCN(C(=O)Cn2nnc3ccccc3c2=O)CC1. The summed E-state index contributed by atoms with van der Waals surface area (Å²) in [6, 6.07) is 16.2. The maximum absolute atomic E-state index is 12.6. The average molecular weight is 391 g/mol. The summed E-state index contributed by atoms with van der Waals surface area (Å²) >= 11 is 0. The van der Waals surface area contributed by atoms with Crippen LogP contribution < -0.4 is 10.9 Å². The van der Waals surface area contributed by atoms with Gasteiger partial charge in [-0.25, -0.2) is 4.68 Å². The normalized spacial score (nSPS) is 14.7. The molecular weight excluding hydrogens is 370 g/mol. The van der Waals surface area contributed by atoms with Crippen LogP contribution >= 0.6 is 0 Å². The summed E-state index contributed by atoms with van der Waals surface area (Å²) < 4.78 is 1.10. The summed E-state index contributed by atoms with van der Waals surface area (Å²) in [4.78, 5) is 39.2. The Morgan fingerprint density at radius 3 is 2.45 bits per heavy atom. The predicted molar refractivity (Wildman–Crippen MR) is 108 cm³/mol. The number of anilines is 1. The van der Waals surface area contributed by atoms with Gasteiger partial charge in [0.1, 0.15) is 12.1 Å². The third kappa shape index (κ3) is 4.16. The van der Waals surface area contributed by atoms with Crippen LogP contribution in [-0.4, -0.2) is 44.8 Å². The number of aromatic nitrogens is 3. The lowest BCUT2D eigenvalue weighted by atomic mass is 9.95. The largest absolute Gasteiger partial charge is 0.341 e. The van der Waals surface area contributed by atoms with Gasteiger partial charge in [-0.1, -0.05) is 35.5 Å². The number of carbonyl (C=O) groups excluding carboxylic acids is 2. The standard InChI is InChI=1S/C21H21N5O3/c27-19(14-26-21(29)17-8-4-5-9-18(17)23-24-26)25-12-10-15(11-13-25)20(28)22-16-6-2-1-3-7-16/h1-9,15H,10-14H2,(H,22,28). The summed E-state index contributed by atoms with van der Waals surface area (Å²) in [7, 11) is 0. The number of nitrogens with one attached hydrogen (secondary N) is 1. The Hall–Kier alpha value is -3.55. The maximum atomic E-state index is 12.6. The zero-order valence-electron chi connectivity index (χ0n) is 15.8. The summed E-state index contributed by atoms with van der Waals surface area (Å²) in [5.41, 5.74) is 0.942. The second-order valence-electron chi connectivity index (χ2n) is 7.08. The zero-order valence-corrected chi connectivity index (χ0v) is 15.8. The molecule has 4 rings (SSSR count). The molecule has 1 aliphatic rings. The molecule has 0 spiro atoms. The predicted octanol–water partition coefficient (Wildman–Crippen LogP) is 1.67. The molecule has 2 heterocycles. The molecule has 2 amide bonds. The van der Waals surface area contributed by atoms with Crippen molar-refractivity contribution in [3.8, 4) is 0 Å². The molecule has 8 heteroatoms. The van der Waals surface area contributed by atoms with Gasteiger partial charge in [0.25, 0.3) is 5.56 Å². The third-order valence-electron chi connectivity index (χ3n) is 5.17. The number of amides is 2. The van der Waals surface area contributed by atoms with Crippen molar-refractivity contribution in [2.24, 2.45) is 5.92 Å². The first-order chi connectivity index (χ1) is 14.1. The molecule has 8 nitrogen and oxygen atoms in total. The van der Waals surface area contributed by atoms with E-state index in [0.717, 1.165) is 10.4 Å². The van der Waals surface area contributed by atoms with Gasteiger partial charge < -0.3 is 10.2 Å². The van der Waals surface area contributed by atoms with Gasteiger partial charge in [-0.3, -0.25) is 14.4 Å². The van der Waals surface area contributed by atoms with E-state index >= 15 is 0 Å². The van der Waals surface area contributed by atoms with E-state index in [-0.39, 0.29) is 29.8 Å². The van der Waals surface area contributed by atoms with Crippen molar-refractivity contribution >= 4 is 28.4 Å². The Balaban J connectivity index is 1.35. The summed E-state index contributed by atoms with van der Waals surface area (Å²) in [5.74, 6) is -0.360. The van der Waals surface area contributed by atoms with Crippen LogP contribution in [0.25, 0.3) is 10.9 Å². The fraction of sp³-hybridized carbons (Fsp3) is 0.286. The maximum Gasteiger partial charge on any atom is 0.278 e. The van der Waals surface area contributed by atoms with Crippen molar-refractivity contribution in [2.75, 3.05) is 18.4 Å². The van der Waals surface area contributed by atoms with Crippen LogP contribution in [-0.2, 0) is 16.1 Å². The van der Waals surface area contributed by atoms with Crippen molar-refractivity contribution in [1.82, 2.24) is 19.9 Å². The van der Waals surface area contributed by atoms with Gasteiger partial charge >= 0.3 is 0 Å². The van der Waals surface area contributed by atoms with E-state index in [9.17, 15) is 14.4 Å². The molecule has 0 bridgehead atoms. The van der Waals surface area contributed by atoms with Gasteiger partial charge in [0.2, 0.25) is 11.8 Å². The topological polar surface area (TPSA) is 97.2 Å². The molecule has 0 atom stereocenters. The lowest BCUT2D eigenvalue weighted by Crippen LogP contribution is -2.44. The second kappa shape index (κ2) is 8.22. The van der Waals surface area contributed by atoms with Crippen LogP contribution in [0.3, 0.4) is 0 Å². The minimum absolute atomic E-state index is 0.0279. The van der Waals surface area contributed by atoms with Crippen LogP contribution in [0.1, 0.15) is 12.8 Å². The van der Waals surface area contributed by atoms with E-state index in [1.165, 1.54) is 0 Å². The van der Waals surface area contributed by atoms with E-state index in [0.29, 0.717) is 36.8 Å². The molecule has 1 aromatic heterocycles. The zero-order chi connectivity index (χ0) is 20.2. The molecule has 3 aromatic rings. The fourth-order valence-corrected chi connectivity index (χ4v) is 3.51. The Morgan fingerprint density at radius 1 is 1.00 bits per heavy atom. The number of likely N-dealkylation sites (tertiary alicyclic amines) is 1. The molecule has 1 aliphatic heterocycles. The first-order valence-electron chi connectivity index (χ1n) is 9.58. The number of hydrogen-bond acceptors (Lipinski definition) is 5. The van der Waals surface area contributed by atoms with Crippen molar-refractivity contribution in [3.05, 3.63) is 65.0 Å². The number of benzene rings is 2. The Labute approximate surface area is 167 Å². The highest BCUT2D eigenvalue weighted by atomic mass is 16.2. The van der Waals surface area contributed by atoms with E-state index in [1.54, 1.807) is 29.2 Å². The highest BCUT2D eigenvalue weighted by Gasteiger charge is 2.27. The van der Waals surface area contributed by atoms with Gasteiger partial charge in [0.05, 0.1) is 5.39 Å². The van der Waals surface area contributed by atoms with E-state index in [4.69, 9.17) is 0 Å². The van der Waals surface area contributed by atoms with Crippen LogP contribution in [0.4, 0.5) is 5.69 Å². The molecule has 1 fully saturated rings. The number of para-hydroxylation sites is 1. The number of fused-ring (bicyclic) bond motifs is 1. The molecule has 148 valence electrons. The molecule has 0 radical (unpaired) electrons. The van der Waals surface area contributed by atoms with E-state index in [1.807, 2.05) is 30.3 Å². The number of carbonyl (C=O) groups is 2. The molecule has 0 aliphatic carbocycles. The van der Waals surface area contributed by atoms with E-state index in [2.05, 4.69) is 15.6 Å². The van der Waals surface area contributed by atoms with Crippen molar-refractivity contribution in [2.45, 2.75) is 19.4 Å². The molecule has 1 saturated heterocycles. The third-order valence-corrected chi connectivity index (χ3v) is 5.17. The Bertz CT molecular complexity index is 1090. The monoisotopic (exact) mass is 391 g/mol. The molecular formula is C21H21N5O3. The number of rotatable bonds is 4. The molecule has 29 heavy (non-hydrogen) atoms. The van der Waals surface area contributed by atoms with Crippen LogP contribution in [0.2, 0.25) is 0 Å². The van der Waals surface area contributed by atoms with Gasteiger partial charge in [0, 0.05) is 24.7 Å². The van der Waals surface area contributed by atoms with E-state index < -0.39 is 0 Å². The Kier molecular flexibility index (Phi) is 5.33. The van der Waals surface area contributed by atoms with Crippen molar-refractivity contribution in [1.29, 1.82) is 0 Å². The van der Waals surface area contributed by atoms with Gasteiger partial charge in [-0.15, -0.1) is 5.10 Å². The second-order valence-corrected chi connectivity index (χ2v) is 7.08. The smallest absolute Gasteiger partial charge is 0.278 e. The lowest BCUT2D eigenvalue weighted by molar-refractivity contribution is -0.135. The minimum atomic E-state index is -0.332. The first-order valence-corrected chi connectivity index (χ1v) is 9.58. The van der Waals surface area contributed by atoms with Gasteiger partial charge in [-0.2, -0.15) is 0 Å². The molecule has 0 unspecified atom stereocenters. The first kappa shape index (κ1) is 18.8. The number of nitrogens with zero attached hydrogens (tertiary/aromatic N) is 4. The summed E-state index contributed by atoms with van der Waals surface area (Å²) in [5, 5.41) is 11.2. The molecule has 1 N–H and O–H groups in total. The molecule has 0 saturated carbocycles. The van der Waals surface area contributed by atoms with Crippen LogP contribution in [0.15, 0.2) is 59.4 Å². The highest BCUT2D eigenvalue weighted by molar-refractivity contribution is 5.92. The number of hydrogen-bond donors (Lipinski definition) is 1. The lowest BCUT2D eigenvalue weighted by Gasteiger charge is -2.31.